The summed E-state index contributed by atoms with van der Waals surface area (Å²) >= 11 is 0. The van der Waals surface area contributed by atoms with Gasteiger partial charge in [-0.25, -0.2) is 4.98 Å². The van der Waals surface area contributed by atoms with Crippen LogP contribution in [0.4, 0.5) is 14.5 Å². The van der Waals surface area contributed by atoms with Crippen molar-refractivity contribution in [2.24, 2.45) is 7.05 Å². The van der Waals surface area contributed by atoms with Crippen LogP contribution < -0.4 is 9.64 Å². The molecule has 3 heterocycles. The van der Waals surface area contributed by atoms with Crippen molar-refractivity contribution in [1.29, 1.82) is 0 Å². The third kappa shape index (κ3) is 4.21. The molecular formula is C21H25F2N3O. The summed E-state index contributed by atoms with van der Waals surface area (Å²) in [5.41, 5.74) is 3.99. The van der Waals surface area contributed by atoms with E-state index in [1.807, 2.05) is 37.0 Å². The average Bonchev–Trinajstić information content (AvgIpc) is 2.94. The molecule has 4 rings (SSSR count). The molecule has 1 aromatic carbocycles. The number of alkyl halides is 2. The molecule has 144 valence electrons. The molecule has 0 spiro atoms. The van der Waals surface area contributed by atoms with Crippen LogP contribution in [0.1, 0.15) is 30.9 Å². The van der Waals surface area contributed by atoms with Crippen LogP contribution in [0.5, 0.6) is 5.75 Å². The van der Waals surface area contributed by atoms with Gasteiger partial charge < -0.3 is 14.2 Å². The van der Waals surface area contributed by atoms with Crippen molar-refractivity contribution in [3.8, 4) is 5.75 Å². The monoisotopic (exact) mass is 373 g/mol. The molecule has 0 saturated carbocycles. The van der Waals surface area contributed by atoms with Crippen LogP contribution in [0.25, 0.3) is 11.0 Å². The Kier molecular flexibility index (Phi) is 5.09. The maximum atomic E-state index is 13.0. The maximum Gasteiger partial charge on any atom is 0.415 e. The highest BCUT2D eigenvalue weighted by molar-refractivity contribution is 5.76. The van der Waals surface area contributed by atoms with Crippen molar-refractivity contribution in [3.05, 3.63) is 53.9 Å². The number of fused-ring (bicyclic) bond motifs is 2. The van der Waals surface area contributed by atoms with Crippen LogP contribution in [0, 0.1) is 6.92 Å². The highest BCUT2D eigenvalue weighted by Gasteiger charge is 2.38. The van der Waals surface area contributed by atoms with Gasteiger partial charge in [-0.05, 0) is 48.2 Å². The molecule has 0 amide bonds. The molecule has 0 atom stereocenters. The quantitative estimate of drug-likeness (QED) is 0.594. The molecule has 27 heavy (non-hydrogen) atoms. The van der Waals surface area contributed by atoms with Crippen LogP contribution in [-0.4, -0.2) is 29.3 Å². The summed E-state index contributed by atoms with van der Waals surface area (Å²) < 4.78 is 32.6. The molecular weight excluding hydrogens is 348 g/mol. The number of hydrogen-bond donors (Lipinski definition) is 0. The molecule has 0 bridgehead atoms. The van der Waals surface area contributed by atoms with Gasteiger partial charge in [-0.1, -0.05) is 19.9 Å². The lowest BCUT2D eigenvalue weighted by Gasteiger charge is -2.33. The van der Waals surface area contributed by atoms with E-state index in [-0.39, 0.29) is 5.75 Å². The number of nitrogens with zero attached hydrogens (tertiary/aromatic N) is 3. The molecule has 6 heteroatoms. The first-order chi connectivity index (χ1) is 12.7. The number of halogens is 2. The number of aryl methyl sites for hydroxylation is 2. The standard InChI is InChI=1S/C11H14N2.C10H11F2NO/c1-8(2)10-6-9-4-5-13(3)11(9)12-7-10;1-7-3-4-8-9(5-7)14-10(11,12)6-13(8)2/h4-8H,1-3H3;3-5H,6H2,1-2H3. The third-order valence-electron chi connectivity index (χ3n) is 4.60. The van der Waals surface area contributed by atoms with Gasteiger partial charge in [0.25, 0.3) is 0 Å². The van der Waals surface area contributed by atoms with Crippen LogP contribution in [0.15, 0.2) is 42.7 Å². The smallest absolute Gasteiger partial charge is 0.415 e. The van der Waals surface area contributed by atoms with E-state index < -0.39 is 12.7 Å². The average molecular weight is 373 g/mol. The van der Waals surface area contributed by atoms with Gasteiger partial charge in [0, 0.05) is 31.9 Å². The summed E-state index contributed by atoms with van der Waals surface area (Å²) in [6.07, 6.45) is 0.921. The van der Waals surface area contributed by atoms with E-state index in [0.717, 1.165) is 11.2 Å². The Labute approximate surface area is 158 Å². The van der Waals surface area contributed by atoms with Gasteiger partial charge >= 0.3 is 6.11 Å². The van der Waals surface area contributed by atoms with Crippen LogP contribution >= 0.6 is 0 Å². The van der Waals surface area contributed by atoms with Crippen LogP contribution in [-0.2, 0) is 7.05 Å². The van der Waals surface area contributed by atoms with E-state index >= 15 is 0 Å². The lowest BCUT2D eigenvalue weighted by atomic mass is 10.1. The Hall–Kier alpha value is -2.63. The first kappa shape index (κ1) is 19.1. The first-order valence-corrected chi connectivity index (χ1v) is 8.96. The van der Waals surface area contributed by atoms with Gasteiger partial charge in [0.2, 0.25) is 0 Å². The molecule has 2 aromatic heterocycles. The Morgan fingerprint density at radius 3 is 2.59 bits per heavy atom. The van der Waals surface area contributed by atoms with Gasteiger partial charge in [-0.2, -0.15) is 8.78 Å². The molecule has 4 nitrogen and oxygen atoms in total. The summed E-state index contributed by atoms with van der Waals surface area (Å²) in [5, 5.41) is 1.23. The normalized spacial score (nSPS) is 15.2. The Bertz CT molecular complexity index is 950. The van der Waals surface area contributed by atoms with Gasteiger partial charge in [-0.15, -0.1) is 0 Å². The van der Waals surface area contributed by atoms with Crippen molar-refractivity contribution in [2.75, 3.05) is 18.5 Å². The molecule has 0 N–H and O–H groups in total. The number of benzene rings is 1. The van der Waals surface area contributed by atoms with E-state index in [0.29, 0.717) is 11.6 Å². The number of likely N-dealkylation sites (N-methyl/N-ethyl adjacent to an activating group) is 1. The van der Waals surface area contributed by atoms with Crippen molar-refractivity contribution >= 4 is 16.7 Å². The fourth-order valence-electron chi connectivity index (χ4n) is 3.06. The molecule has 1 aliphatic rings. The van der Waals surface area contributed by atoms with Crippen molar-refractivity contribution < 1.29 is 13.5 Å². The fourth-order valence-corrected chi connectivity index (χ4v) is 3.06. The second kappa shape index (κ2) is 7.18. The molecule has 3 aromatic rings. The number of pyridine rings is 1. The highest BCUT2D eigenvalue weighted by atomic mass is 19.3. The van der Waals surface area contributed by atoms with Gasteiger partial charge in [0.15, 0.2) is 0 Å². The first-order valence-electron chi connectivity index (χ1n) is 8.96. The van der Waals surface area contributed by atoms with Crippen molar-refractivity contribution in [1.82, 2.24) is 9.55 Å². The zero-order valence-electron chi connectivity index (χ0n) is 16.3. The Morgan fingerprint density at radius 1 is 1.15 bits per heavy atom. The lowest BCUT2D eigenvalue weighted by molar-refractivity contribution is -0.171. The van der Waals surface area contributed by atoms with Gasteiger partial charge in [0.1, 0.15) is 17.9 Å². The largest absolute Gasteiger partial charge is 0.429 e. The number of rotatable bonds is 1. The predicted molar refractivity (Wildman–Crippen MR) is 105 cm³/mol. The molecule has 0 unspecified atom stereocenters. The summed E-state index contributed by atoms with van der Waals surface area (Å²) in [6, 6.07) is 9.61. The zero-order valence-corrected chi connectivity index (χ0v) is 16.3. The lowest BCUT2D eigenvalue weighted by Crippen LogP contribution is -2.43. The number of aromatic nitrogens is 2. The molecule has 0 fully saturated rings. The molecule has 1 aliphatic heterocycles. The second-order valence-electron chi connectivity index (χ2n) is 7.33. The SMILES string of the molecule is CC(C)c1cnc2c(ccn2C)c1.Cc1ccc2c(c1)OC(F)(F)CN2C. The predicted octanol–water partition coefficient (Wildman–Crippen LogP) is 5.11. The van der Waals surface area contributed by atoms with Crippen molar-refractivity contribution in [2.45, 2.75) is 32.8 Å². The second-order valence-corrected chi connectivity index (χ2v) is 7.33. The van der Waals surface area contributed by atoms with E-state index in [2.05, 4.69) is 35.7 Å². The number of ether oxygens (including phenoxy) is 1. The molecule has 0 radical (unpaired) electrons. The van der Waals surface area contributed by atoms with Gasteiger partial charge in [-0.3, -0.25) is 0 Å². The minimum atomic E-state index is -3.09. The minimum absolute atomic E-state index is 0.253. The third-order valence-corrected chi connectivity index (χ3v) is 4.60. The van der Waals surface area contributed by atoms with E-state index in [4.69, 9.17) is 0 Å². The van der Waals surface area contributed by atoms with Crippen LogP contribution in [0.2, 0.25) is 0 Å². The van der Waals surface area contributed by atoms with Crippen molar-refractivity contribution in [3.63, 3.8) is 0 Å². The minimum Gasteiger partial charge on any atom is -0.429 e. The zero-order chi connectivity index (χ0) is 19.8. The fraction of sp³-hybridized carbons (Fsp3) is 0.381. The number of anilines is 1. The summed E-state index contributed by atoms with van der Waals surface area (Å²) in [4.78, 5) is 5.92. The maximum absolute atomic E-state index is 13.0. The molecule has 0 aliphatic carbocycles. The van der Waals surface area contributed by atoms with Crippen LogP contribution in [0.3, 0.4) is 0 Å². The Balaban J connectivity index is 0.000000156. The van der Waals surface area contributed by atoms with E-state index in [1.165, 1.54) is 15.8 Å². The molecule has 0 saturated heterocycles. The van der Waals surface area contributed by atoms with E-state index in [1.54, 1.807) is 19.2 Å². The van der Waals surface area contributed by atoms with E-state index in [9.17, 15) is 8.78 Å². The summed E-state index contributed by atoms with van der Waals surface area (Å²) in [5.74, 6) is 0.806. The topological polar surface area (TPSA) is 30.3 Å². The Morgan fingerprint density at radius 2 is 1.89 bits per heavy atom. The highest BCUT2D eigenvalue weighted by Crippen LogP contribution is 2.37. The number of hydrogen-bond acceptors (Lipinski definition) is 3. The summed E-state index contributed by atoms with van der Waals surface area (Å²) in [7, 11) is 3.65. The van der Waals surface area contributed by atoms with Gasteiger partial charge in [0.05, 0.1) is 5.69 Å². The summed E-state index contributed by atoms with van der Waals surface area (Å²) in [6.45, 7) is 5.82.